The first-order chi connectivity index (χ1) is 17.0. The predicted octanol–water partition coefficient (Wildman–Crippen LogP) is 6.06. The summed E-state index contributed by atoms with van der Waals surface area (Å²) in [5.74, 6) is 0.486. The zero-order valence-electron chi connectivity index (χ0n) is 22.4. The molecule has 0 radical (unpaired) electrons. The third-order valence-electron chi connectivity index (χ3n) is 10.6. The summed E-state index contributed by atoms with van der Waals surface area (Å²) in [6.45, 7) is 15.0. The normalized spacial score (nSPS) is 39.0. The zero-order chi connectivity index (χ0) is 25.6. The van der Waals surface area contributed by atoms with Crippen LogP contribution in [0.4, 0.5) is 0 Å². The Morgan fingerprint density at radius 2 is 1.97 bits per heavy atom. The maximum Gasteiger partial charge on any atom is 0.108 e. The van der Waals surface area contributed by atoms with Gasteiger partial charge in [0, 0.05) is 27.4 Å². The van der Waals surface area contributed by atoms with Crippen LogP contribution in [0.1, 0.15) is 77.1 Å². The van der Waals surface area contributed by atoms with Crippen LogP contribution in [-0.4, -0.2) is 39.1 Å². The van der Waals surface area contributed by atoms with Crippen molar-refractivity contribution in [2.45, 2.75) is 102 Å². The summed E-state index contributed by atoms with van der Waals surface area (Å²) in [7, 11) is 0. The van der Waals surface area contributed by atoms with E-state index in [9.17, 15) is 10.2 Å². The molecule has 2 fully saturated rings. The Morgan fingerprint density at radius 1 is 1.19 bits per heavy atom. The smallest absolute Gasteiger partial charge is 0.108 e. The summed E-state index contributed by atoms with van der Waals surface area (Å²) in [6.07, 6.45) is 8.32. The van der Waals surface area contributed by atoms with E-state index in [0.717, 1.165) is 43.3 Å². The second-order valence-corrected chi connectivity index (χ2v) is 12.7. The summed E-state index contributed by atoms with van der Waals surface area (Å²) in [5.41, 5.74) is 6.88. The number of aromatic nitrogens is 1. The first kappa shape index (κ1) is 24.2. The minimum Gasteiger partial charge on any atom is -0.386 e. The topological polar surface area (TPSA) is 65.5 Å². The lowest BCUT2D eigenvalue weighted by Gasteiger charge is -2.65. The number of benzene rings is 1. The Kier molecular flexibility index (Phi) is 5.33. The van der Waals surface area contributed by atoms with E-state index in [2.05, 4.69) is 63.5 Å². The van der Waals surface area contributed by atoms with E-state index in [1.54, 1.807) is 0 Å². The first-order valence-electron chi connectivity index (χ1n) is 13.7. The molecule has 3 N–H and O–H groups in total. The van der Waals surface area contributed by atoms with Crippen LogP contribution in [0.15, 0.2) is 53.6 Å². The molecule has 7 atom stereocenters. The molecule has 1 aromatic carbocycles. The van der Waals surface area contributed by atoms with E-state index in [-0.39, 0.29) is 16.9 Å². The fourth-order valence-electron chi connectivity index (χ4n) is 8.48. The molecule has 0 saturated heterocycles. The van der Waals surface area contributed by atoms with Crippen molar-refractivity contribution < 1.29 is 14.9 Å². The van der Waals surface area contributed by atoms with Gasteiger partial charge in [0.25, 0.3) is 0 Å². The average molecular weight is 488 g/mol. The van der Waals surface area contributed by atoms with Gasteiger partial charge >= 0.3 is 0 Å². The van der Waals surface area contributed by atoms with Crippen molar-refractivity contribution in [2.75, 3.05) is 0 Å². The van der Waals surface area contributed by atoms with E-state index in [4.69, 9.17) is 4.74 Å². The van der Waals surface area contributed by atoms with Crippen LogP contribution in [0.5, 0.6) is 0 Å². The summed E-state index contributed by atoms with van der Waals surface area (Å²) in [4.78, 5) is 3.88. The molecule has 0 amide bonds. The maximum absolute atomic E-state index is 12.6. The van der Waals surface area contributed by atoms with Crippen molar-refractivity contribution in [3.05, 3.63) is 70.5 Å². The Labute approximate surface area is 215 Å². The lowest BCUT2D eigenvalue weighted by Crippen LogP contribution is -2.67. The number of hydrogen-bond acceptors (Lipinski definition) is 3. The number of H-pyrrole nitrogens is 1. The molecule has 2 saturated carbocycles. The molecule has 3 aliphatic carbocycles. The minimum atomic E-state index is -1.01. The number of hydrogen-bond donors (Lipinski definition) is 3. The van der Waals surface area contributed by atoms with E-state index in [1.165, 1.54) is 33.3 Å². The van der Waals surface area contributed by atoms with Crippen LogP contribution in [0.3, 0.4) is 0 Å². The second-order valence-electron chi connectivity index (χ2n) is 12.7. The number of fused-ring (bicyclic) bond motifs is 9. The van der Waals surface area contributed by atoms with Gasteiger partial charge in [-0.15, -0.1) is 0 Å². The highest BCUT2D eigenvalue weighted by Gasteiger charge is 2.69. The molecule has 4 aliphatic rings. The molecular weight excluding hydrogens is 446 g/mol. The van der Waals surface area contributed by atoms with Crippen LogP contribution in [0.25, 0.3) is 10.9 Å². The second kappa shape index (κ2) is 7.93. The third kappa shape index (κ3) is 2.98. The van der Waals surface area contributed by atoms with Crippen LogP contribution >= 0.6 is 0 Å². The molecule has 1 aromatic heterocycles. The SMILES string of the molecule is C=C(C)[C@H]1O[C@H]2CC[C@@]3(C)[C@@](O)(CC[C@H]4Cc5c([nH]c6cccc(CC=C(C)C)c56)[C@@]43C)C2=C[C@H]1O. The van der Waals surface area contributed by atoms with Gasteiger partial charge < -0.3 is 19.9 Å². The lowest BCUT2D eigenvalue weighted by molar-refractivity contribution is -0.185. The molecule has 2 aromatic rings. The monoisotopic (exact) mass is 487 g/mol. The van der Waals surface area contributed by atoms with Gasteiger partial charge in [0.2, 0.25) is 0 Å². The fraction of sp³-hybridized carbons (Fsp3) is 0.562. The number of aliphatic hydroxyl groups is 2. The van der Waals surface area contributed by atoms with E-state index in [1.807, 2.05) is 13.0 Å². The number of ether oxygens (including phenoxy) is 1. The van der Waals surface area contributed by atoms with Crippen molar-refractivity contribution in [1.29, 1.82) is 0 Å². The van der Waals surface area contributed by atoms with Gasteiger partial charge in [0.1, 0.15) is 12.2 Å². The van der Waals surface area contributed by atoms with Gasteiger partial charge in [-0.3, -0.25) is 0 Å². The Bertz CT molecular complexity index is 1310. The number of nitrogens with one attached hydrogen (secondary N) is 1. The highest BCUT2D eigenvalue weighted by Crippen LogP contribution is 2.69. The number of aromatic amines is 1. The van der Waals surface area contributed by atoms with Crippen molar-refractivity contribution >= 4 is 10.9 Å². The molecule has 0 unspecified atom stereocenters. The highest BCUT2D eigenvalue weighted by atomic mass is 16.5. The molecule has 4 heteroatoms. The summed E-state index contributed by atoms with van der Waals surface area (Å²) >= 11 is 0. The highest BCUT2D eigenvalue weighted by molar-refractivity contribution is 5.89. The number of rotatable bonds is 3. The molecule has 192 valence electrons. The lowest BCUT2D eigenvalue weighted by atomic mass is 9.42. The number of aliphatic hydroxyl groups excluding tert-OH is 1. The fourth-order valence-corrected chi connectivity index (χ4v) is 8.48. The molecule has 0 spiro atoms. The molecule has 4 nitrogen and oxygen atoms in total. The minimum absolute atomic E-state index is 0.160. The molecule has 1 aliphatic heterocycles. The third-order valence-corrected chi connectivity index (χ3v) is 10.6. The van der Waals surface area contributed by atoms with Crippen LogP contribution < -0.4 is 0 Å². The van der Waals surface area contributed by atoms with Crippen molar-refractivity contribution in [3.63, 3.8) is 0 Å². The standard InChI is InChI=1S/C32H41NO3/c1-18(2)10-11-20-8-7-9-24-27(20)22-16-21-12-15-32(35)23-17-25(34)28(19(3)4)36-26(23)13-14-30(32,5)31(21,6)29(22)33-24/h7-10,17,21,25-26,28,33-35H,3,11-16H2,1-2,4-6H3/t21-,25+,26-,28+,30+,31+,32+/m0/s1. The van der Waals surface area contributed by atoms with Gasteiger partial charge in [0.15, 0.2) is 0 Å². The van der Waals surface area contributed by atoms with Crippen molar-refractivity contribution in [1.82, 2.24) is 4.98 Å². The van der Waals surface area contributed by atoms with E-state index < -0.39 is 17.8 Å². The average Bonchev–Trinajstić information content (AvgIpc) is 3.34. The van der Waals surface area contributed by atoms with Crippen LogP contribution in [0.2, 0.25) is 0 Å². The summed E-state index contributed by atoms with van der Waals surface area (Å²) in [5, 5.41) is 24.9. The van der Waals surface area contributed by atoms with Gasteiger partial charge in [0.05, 0.1) is 11.7 Å². The summed E-state index contributed by atoms with van der Waals surface area (Å²) < 4.78 is 6.36. The first-order valence-corrected chi connectivity index (χ1v) is 13.7. The predicted molar refractivity (Wildman–Crippen MR) is 145 cm³/mol. The van der Waals surface area contributed by atoms with Crippen LogP contribution in [0, 0.1) is 11.3 Å². The largest absolute Gasteiger partial charge is 0.386 e. The summed E-state index contributed by atoms with van der Waals surface area (Å²) in [6, 6.07) is 6.64. The molecular formula is C32H41NO3. The van der Waals surface area contributed by atoms with E-state index >= 15 is 0 Å². The molecule has 6 rings (SSSR count). The van der Waals surface area contributed by atoms with Gasteiger partial charge in [-0.05, 0) is 99.6 Å². The molecule has 36 heavy (non-hydrogen) atoms. The number of allylic oxidation sites excluding steroid dienone is 2. The Hall–Kier alpha value is -2.14. The maximum atomic E-state index is 12.6. The van der Waals surface area contributed by atoms with E-state index in [0.29, 0.717) is 12.3 Å². The van der Waals surface area contributed by atoms with Gasteiger partial charge in [-0.25, -0.2) is 0 Å². The Balaban J connectivity index is 1.48. The van der Waals surface area contributed by atoms with Gasteiger partial charge in [-0.1, -0.05) is 44.2 Å². The zero-order valence-corrected chi connectivity index (χ0v) is 22.4. The molecule has 0 bridgehead atoms. The van der Waals surface area contributed by atoms with Gasteiger partial charge in [-0.2, -0.15) is 0 Å². The van der Waals surface area contributed by atoms with Crippen LogP contribution in [-0.2, 0) is 23.0 Å². The quantitative estimate of drug-likeness (QED) is 0.461. The van der Waals surface area contributed by atoms with Crippen molar-refractivity contribution in [3.8, 4) is 0 Å². The molecule has 2 heterocycles. The van der Waals surface area contributed by atoms with Crippen molar-refractivity contribution in [2.24, 2.45) is 11.3 Å². The Morgan fingerprint density at radius 3 is 2.69 bits per heavy atom.